The quantitative estimate of drug-likeness (QED) is 0.396. The Morgan fingerprint density at radius 2 is 1.84 bits per heavy atom. The van der Waals surface area contributed by atoms with Gasteiger partial charge in [0.25, 0.3) is 0 Å². The fraction of sp³-hybridized carbons (Fsp3) is 0.143. The summed E-state index contributed by atoms with van der Waals surface area (Å²) >= 11 is 1.12. The standard InChI is InChI=1S/C21H19N5O4S2/c1-13-9-15(11-22)10-14(2)20(13)30-19-7-8-24-21(26-19)31-12-18(27)25-16-3-5-17(6-4-16)32(23,28)29/h3-10H,12H2,1-2H3,(H,25,27)(H2,23,28,29). The van der Waals surface area contributed by atoms with Gasteiger partial charge < -0.3 is 10.1 Å². The van der Waals surface area contributed by atoms with Crippen molar-refractivity contribution in [2.75, 3.05) is 11.1 Å². The maximum atomic E-state index is 12.2. The van der Waals surface area contributed by atoms with Gasteiger partial charge in [-0.2, -0.15) is 10.2 Å². The molecule has 0 saturated heterocycles. The van der Waals surface area contributed by atoms with Crippen LogP contribution >= 0.6 is 11.8 Å². The Bertz CT molecular complexity index is 1280. The van der Waals surface area contributed by atoms with Crippen LogP contribution in [-0.2, 0) is 14.8 Å². The average molecular weight is 470 g/mol. The lowest BCUT2D eigenvalue weighted by Crippen LogP contribution is -2.15. The second kappa shape index (κ2) is 9.78. The fourth-order valence-electron chi connectivity index (χ4n) is 2.79. The lowest BCUT2D eigenvalue weighted by atomic mass is 10.1. The number of primary sulfonamides is 1. The zero-order valence-corrected chi connectivity index (χ0v) is 18.8. The number of hydrogen-bond acceptors (Lipinski definition) is 8. The van der Waals surface area contributed by atoms with E-state index in [4.69, 9.17) is 15.1 Å². The number of aromatic nitrogens is 2. The average Bonchev–Trinajstić information content (AvgIpc) is 2.74. The molecule has 0 aliphatic carbocycles. The minimum Gasteiger partial charge on any atom is -0.438 e. The smallest absolute Gasteiger partial charge is 0.238 e. The van der Waals surface area contributed by atoms with Gasteiger partial charge in [0.15, 0.2) is 5.16 Å². The van der Waals surface area contributed by atoms with Crippen LogP contribution in [0.3, 0.4) is 0 Å². The summed E-state index contributed by atoms with van der Waals surface area (Å²) in [7, 11) is -3.79. The van der Waals surface area contributed by atoms with E-state index in [1.165, 1.54) is 30.5 Å². The van der Waals surface area contributed by atoms with Gasteiger partial charge in [0.1, 0.15) is 5.75 Å². The summed E-state index contributed by atoms with van der Waals surface area (Å²) in [6, 6.07) is 12.7. The summed E-state index contributed by atoms with van der Waals surface area (Å²) in [4.78, 5) is 20.6. The van der Waals surface area contributed by atoms with Crippen LogP contribution in [0.2, 0.25) is 0 Å². The molecule has 0 fully saturated rings. The van der Waals surface area contributed by atoms with E-state index in [1.54, 1.807) is 18.2 Å². The van der Waals surface area contributed by atoms with Crippen LogP contribution in [0.25, 0.3) is 0 Å². The Kier molecular flexibility index (Phi) is 7.09. The Hall–Kier alpha value is -3.46. The van der Waals surface area contributed by atoms with Crippen molar-refractivity contribution in [3.05, 3.63) is 65.4 Å². The van der Waals surface area contributed by atoms with Crippen molar-refractivity contribution in [2.45, 2.75) is 23.9 Å². The van der Waals surface area contributed by atoms with Gasteiger partial charge in [0.2, 0.25) is 21.8 Å². The first-order chi connectivity index (χ1) is 15.2. The molecule has 9 nitrogen and oxygen atoms in total. The van der Waals surface area contributed by atoms with Gasteiger partial charge >= 0.3 is 0 Å². The Morgan fingerprint density at radius 3 is 2.44 bits per heavy atom. The number of nitrogens with two attached hydrogens (primary N) is 1. The number of carbonyl (C=O) groups is 1. The zero-order chi connectivity index (χ0) is 23.3. The van der Waals surface area contributed by atoms with Crippen molar-refractivity contribution in [2.24, 2.45) is 5.14 Å². The van der Waals surface area contributed by atoms with Crippen molar-refractivity contribution in [3.63, 3.8) is 0 Å². The Labute approximate surface area is 189 Å². The van der Waals surface area contributed by atoms with Gasteiger partial charge in [-0.15, -0.1) is 0 Å². The molecule has 1 heterocycles. The summed E-state index contributed by atoms with van der Waals surface area (Å²) < 4.78 is 28.5. The van der Waals surface area contributed by atoms with E-state index in [2.05, 4.69) is 21.4 Å². The Morgan fingerprint density at radius 1 is 1.19 bits per heavy atom. The molecule has 3 N–H and O–H groups in total. The first-order valence-corrected chi connectivity index (χ1v) is 11.8. The van der Waals surface area contributed by atoms with Crippen LogP contribution in [0.4, 0.5) is 5.69 Å². The number of anilines is 1. The molecule has 32 heavy (non-hydrogen) atoms. The number of sulfonamides is 1. The molecule has 0 radical (unpaired) electrons. The van der Waals surface area contributed by atoms with Gasteiger partial charge in [0, 0.05) is 18.0 Å². The summed E-state index contributed by atoms with van der Waals surface area (Å²) in [5.74, 6) is 0.652. The van der Waals surface area contributed by atoms with Gasteiger partial charge in [-0.05, 0) is 61.4 Å². The van der Waals surface area contributed by atoms with E-state index >= 15 is 0 Å². The van der Waals surface area contributed by atoms with Crippen molar-refractivity contribution < 1.29 is 17.9 Å². The van der Waals surface area contributed by atoms with Crippen molar-refractivity contribution in [3.8, 4) is 17.7 Å². The number of nitrogens with one attached hydrogen (secondary N) is 1. The number of carbonyl (C=O) groups excluding carboxylic acids is 1. The Balaban J connectivity index is 1.62. The third-order valence-electron chi connectivity index (χ3n) is 4.20. The van der Waals surface area contributed by atoms with Crippen molar-refractivity contribution in [1.82, 2.24) is 9.97 Å². The molecule has 0 aliphatic rings. The summed E-state index contributed by atoms with van der Waals surface area (Å²) in [6.45, 7) is 3.69. The molecule has 164 valence electrons. The largest absolute Gasteiger partial charge is 0.438 e. The summed E-state index contributed by atoms with van der Waals surface area (Å²) in [5.41, 5.74) is 2.61. The molecule has 1 amide bonds. The van der Waals surface area contributed by atoms with Gasteiger partial charge in [0.05, 0.1) is 22.3 Å². The number of hydrogen-bond donors (Lipinski definition) is 2. The molecule has 1 aromatic heterocycles. The number of benzene rings is 2. The highest BCUT2D eigenvalue weighted by atomic mass is 32.2. The van der Waals surface area contributed by atoms with E-state index < -0.39 is 10.0 Å². The fourth-order valence-corrected chi connectivity index (χ4v) is 3.92. The second-order valence-corrected chi connectivity index (χ2v) is 9.24. The van der Waals surface area contributed by atoms with Gasteiger partial charge in [-0.25, -0.2) is 18.5 Å². The second-order valence-electron chi connectivity index (χ2n) is 6.74. The third-order valence-corrected chi connectivity index (χ3v) is 5.99. The summed E-state index contributed by atoms with van der Waals surface area (Å²) in [6.07, 6.45) is 1.53. The van der Waals surface area contributed by atoms with Crippen LogP contribution in [0.1, 0.15) is 16.7 Å². The van der Waals surface area contributed by atoms with Crippen molar-refractivity contribution >= 4 is 33.4 Å². The molecule has 11 heteroatoms. The molecular formula is C21H19N5O4S2. The highest BCUT2D eigenvalue weighted by molar-refractivity contribution is 7.99. The molecule has 3 aromatic rings. The molecule has 0 bridgehead atoms. The van der Waals surface area contributed by atoms with Gasteiger partial charge in [-0.3, -0.25) is 4.79 Å². The van der Waals surface area contributed by atoms with Crippen LogP contribution in [-0.4, -0.2) is 30.0 Å². The lowest BCUT2D eigenvalue weighted by molar-refractivity contribution is -0.113. The third kappa shape index (κ3) is 6.04. The molecule has 0 atom stereocenters. The van der Waals surface area contributed by atoms with E-state index in [0.717, 1.165) is 22.9 Å². The van der Waals surface area contributed by atoms with E-state index in [0.29, 0.717) is 28.0 Å². The zero-order valence-electron chi connectivity index (χ0n) is 17.2. The lowest BCUT2D eigenvalue weighted by Gasteiger charge is -2.12. The summed E-state index contributed by atoms with van der Waals surface area (Å²) in [5, 5.41) is 17.1. The number of amides is 1. The molecule has 0 saturated carbocycles. The van der Waals surface area contributed by atoms with Crippen LogP contribution < -0.4 is 15.2 Å². The first kappa shape index (κ1) is 23.2. The van der Waals surface area contributed by atoms with Gasteiger partial charge in [-0.1, -0.05) is 11.8 Å². The first-order valence-electron chi connectivity index (χ1n) is 9.23. The number of nitrogens with zero attached hydrogens (tertiary/aromatic N) is 3. The monoisotopic (exact) mass is 469 g/mol. The van der Waals surface area contributed by atoms with Crippen LogP contribution in [0, 0.1) is 25.2 Å². The van der Waals surface area contributed by atoms with Crippen LogP contribution in [0.15, 0.2) is 58.7 Å². The maximum absolute atomic E-state index is 12.2. The number of thioether (sulfide) groups is 1. The molecule has 0 aliphatic heterocycles. The minimum atomic E-state index is -3.79. The normalized spacial score (nSPS) is 10.9. The molecule has 3 rings (SSSR count). The number of rotatable bonds is 7. The molecule has 0 spiro atoms. The highest BCUT2D eigenvalue weighted by Crippen LogP contribution is 2.29. The van der Waals surface area contributed by atoms with E-state index in [9.17, 15) is 13.2 Å². The van der Waals surface area contributed by atoms with Crippen molar-refractivity contribution in [1.29, 1.82) is 5.26 Å². The number of nitriles is 1. The predicted octanol–water partition coefficient (Wildman–Crippen LogP) is 3.14. The topological polar surface area (TPSA) is 148 Å². The predicted molar refractivity (Wildman–Crippen MR) is 120 cm³/mol. The maximum Gasteiger partial charge on any atom is 0.238 e. The number of ether oxygens (including phenoxy) is 1. The van der Waals surface area contributed by atoms with E-state index in [-0.39, 0.29) is 16.6 Å². The molecule has 2 aromatic carbocycles. The van der Waals surface area contributed by atoms with E-state index in [1.807, 2.05) is 13.8 Å². The SMILES string of the molecule is Cc1cc(C#N)cc(C)c1Oc1ccnc(SCC(=O)Nc2ccc(S(N)(=O)=O)cc2)n1. The minimum absolute atomic E-state index is 0.0370. The number of aryl methyl sites for hydroxylation is 2. The van der Waals surface area contributed by atoms with Crippen LogP contribution in [0.5, 0.6) is 11.6 Å². The highest BCUT2D eigenvalue weighted by Gasteiger charge is 2.12. The molecule has 0 unspecified atom stereocenters. The molecular weight excluding hydrogens is 450 g/mol.